The Morgan fingerprint density at radius 1 is 1.31 bits per heavy atom. The van der Waals surface area contributed by atoms with Crippen molar-refractivity contribution in [2.45, 2.75) is 50.7 Å². The van der Waals surface area contributed by atoms with Gasteiger partial charge < -0.3 is 10.0 Å². The number of nitrogens with zero attached hydrogens (tertiary/aromatic N) is 1. The fourth-order valence-corrected chi connectivity index (χ4v) is 4.40. The van der Waals surface area contributed by atoms with Gasteiger partial charge in [0.05, 0.1) is 5.56 Å². The smallest absolute Gasteiger partial charge is 0.416 e. The number of likely N-dealkylation sites (tertiary alicyclic amines) is 1. The number of hydrogen-bond acceptors (Lipinski definition) is 2. The van der Waals surface area contributed by atoms with E-state index in [9.17, 15) is 27.9 Å². The molecule has 4 atom stereocenters. The Kier molecular flexibility index (Phi) is 4.99. The second-order valence-electron chi connectivity index (χ2n) is 7.41. The topological polar surface area (TPSA) is 57.6 Å². The van der Waals surface area contributed by atoms with Crippen LogP contribution in [-0.4, -0.2) is 34.5 Å². The highest BCUT2D eigenvalue weighted by Crippen LogP contribution is 2.43. The SMILES string of the molecule is CC(CC(=O)N1CC2CCCC2C1C(=O)O)c1cccc(C(F)(F)F)c1. The van der Waals surface area contributed by atoms with Crippen LogP contribution in [0.4, 0.5) is 13.2 Å². The van der Waals surface area contributed by atoms with Crippen LogP contribution in [0.2, 0.25) is 0 Å². The highest BCUT2D eigenvalue weighted by molar-refractivity contribution is 5.85. The summed E-state index contributed by atoms with van der Waals surface area (Å²) in [6, 6.07) is 4.16. The van der Waals surface area contributed by atoms with E-state index >= 15 is 0 Å². The first-order chi connectivity index (χ1) is 12.2. The molecule has 142 valence electrons. The second kappa shape index (κ2) is 6.93. The molecule has 3 rings (SSSR count). The molecule has 1 aromatic carbocycles. The van der Waals surface area contributed by atoms with Crippen LogP contribution in [0.25, 0.3) is 0 Å². The summed E-state index contributed by atoms with van der Waals surface area (Å²) in [5.74, 6) is -1.47. The molecule has 2 aliphatic rings. The predicted molar refractivity (Wildman–Crippen MR) is 88.4 cm³/mol. The van der Waals surface area contributed by atoms with Crippen LogP contribution < -0.4 is 0 Å². The van der Waals surface area contributed by atoms with Crippen LogP contribution in [0.15, 0.2) is 24.3 Å². The summed E-state index contributed by atoms with van der Waals surface area (Å²) in [6.07, 6.45) is -1.69. The molecule has 0 aromatic heterocycles. The molecule has 1 aliphatic carbocycles. The van der Waals surface area contributed by atoms with Gasteiger partial charge in [-0.25, -0.2) is 4.79 Å². The molecular formula is C19H22F3NO3. The summed E-state index contributed by atoms with van der Waals surface area (Å²) < 4.78 is 38.6. The second-order valence-corrected chi connectivity index (χ2v) is 7.41. The number of alkyl halides is 3. The Morgan fingerprint density at radius 3 is 2.69 bits per heavy atom. The first-order valence-corrected chi connectivity index (χ1v) is 8.88. The minimum atomic E-state index is -4.43. The lowest BCUT2D eigenvalue weighted by Crippen LogP contribution is -2.43. The highest BCUT2D eigenvalue weighted by atomic mass is 19.4. The molecule has 1 saturated carbocycles. The molecule has 7 heteroatoms. The molecule has 1 saturated heterocycles. The number of fused-ring (bicyclic) bond motifs is 1. The Hall–Kier alpha value is -2.05. The van der Waals surface area contributed by atoms with Crippen molar-refractivity contribution in [2.24, 2.45) is 11.8 Å². The van der Waals surface area contributed by atoms with Crippen molar-refractivity contribution in [3.8, 4) is 0 Å². The molecule has 1 heterocycles. The maximum absolute atomic E-state index is 12.9. The molecule has 4 nitrogen and oxygen atoms in total. The van der Waals surface area contributed by atoms with Gasteiger partial charge in [-0.15, -0.1) is 0 Å². The molecule has 1 N–H and O–H groups in total. The van der Waals surface area contributed by atoms with Crippen LogP contribution in [0, 0.1) is 11.8 Å². The average Bonchev–Trinajstić information content (AvgIpc) is 3.14. The van der Waals surface area contributed by atoms with Crippen molar-refractivity contribution in [2.75, 3.05) is 6.54 Å². The lowest BCUT2D eigenvalue weighted by Gasteiger charge is -2.26. The number of carbonyl (C=O) groups is 2. The number of rotatable bonds is 4. The van der Waals surface area contributed by atoms with E-state index in [2.05, 4.69) is 0 Å². The lowest BCUT2D eigenvalue weighted by molar-refractivity contribution is -0.149. The Balaban J connectivity index is 1.72. The van der Waals surface area contributed by atoms with Gasteiger partial charge in [0, 0.05) is 13.0 Å². The molecule has 1 aliphatic heterocycles. The average molecular weight is 369 g/mol. The maximum Gasteiger partial charge on any atom is 0.416 e. The van der Waals surface area contributed by atoms with Crippen molar-refractivity contribution in [1.82, 2.24) is 4.90 Å². The summed E-state index contributed by atoms with van der Waals surface area (Å²) >= 11 is 0. The number of benzene rings is 1. The van der Waals surface area contributed by atoms with Gasteiger partial charge in [-0.3, -0.25) is 4.79 Å². The third-order valence-corrected chi connectivity index (χ3v) is 5.73. The Morgan fingerprint density at radius 2 is 2.04 bits per heavy atom. The quantitative estimate of drug-likeness (QED) is 0.875. The van der Waals surface area contributed by atoms with Crippen LogP contribution in [0.3, 0.4) is 0 Å². The van der Waals surface area contributed by atoms with Crippen LogP contribution in [-0.2, 0) is 15.8 Å². The summed E-state index contributed by atoms with van der Waals surface area (Å²) in [5.41, 5.74) is -0.312. The first kappa shape index (κ1) is 18.7. The van der Waals surface area contributed by atoms with E-state index in [1.165, 1.54) is 11.0 Å². The van der Waals surface area contributed by atoms with E-state index in [4.69, 9.17) is 0 Å². The Labute approximate surface area is 150 Å². The van der Waals surface area contributed by atoms with Crippen molar-refractivity contribution in [3.63, 3.8) is 0 Å². The first-order valence-electron chi connectivity index (χ1n) is 8.88. The molecular weight excluding hydrogens is 347 g/mol. The van der Waals surface area contributed by atoms with Gasteiger partial charge in [0.15, 0.2) is 0 Å². The summed E-state index contributed by atoms with van der Waals surface area (Å²) in [5, 5.41) is 9.54. The van der Waals surface area contributed by atoms with Gasteiger partial charge in [0.1, 0.15) is 6.04 Å². The third kappa shape index (κ3) is 3.57. The van der Waals surface area contributed by atoms with Crippen molar-refractivity contribution >= 4 is 11.9 Å². The molecule has 26 heavy (non-hydrogen) atoms. The monoisotopic (exact) mass is 369 g/mol. The molecule has 2 fully saturated rings. The van der Waals surface area contributed by atoms with Gasteiger partial charge in [-0.05, 0) is 42.2 Å². The van der Waals surface area contributed by atoms with Crippen molar-refractivity contribution in [3.05, 3.63) is 35.4 Å². The number of amides is 1. The molecule has 4 unspecified atom stereocenters. The molecule has 0 bridgehead atoms. The van der Waals surface area contributed by atoms with Gasteiger partial charge in [-0.1, -0.05) is 31.5 Å². The summed E-state index contributed by atoms with van der Waals surface area (Å²) in [6.45, 7) is 2.13. The summed E-state index contributed by atoms with van der Waals surface area (Å²) in [4.78, 5) is 25.8. The number of halogens is 3. The van der Waals surface area contributed by atoms with Crippen LogP contribution in [0.1, 0.15) is 49.7 Å². The fourth-order valence-electron chi connectivity index (χ4n) is 4.40. The molecule has 0 spiro atoms. The maximum atomic E-state index is 12.9. The van der Waals surface area contributed by atoms with Crippen molar-refractivity contribution < 1.29 is 27.9 Å². The minimum absolute atomic E-state index is 0.000290. The number of aliphatic carboxylic acids is 1. The van der Waals surface area contributed by atoms with E-state index in [0.717, 1.165) is 31.4 Å². The largest absolute Gasteiger partial charge is 0.480 e. The predicted octanol–water partition coefficient (Wildman–Crippen LogP) is 3.91. The minimum Gasteiger partial charge on any atom is -0.480 e. The van der Waals surface area contributed by atoms with Gasteiger partial charge in [0.25, 0.3) is 0 Å². The van der Waals surface area contributed by atoms with Gasteiger partial charge >= 0.3 is 12.1 Å². The number of hydrogen-bond donors (Lipinski definition) is 1. The molecule has 1 amide bonds. The van der Waals surface area contributed by atoms with E-state index in [-0.39, 0.29) is 24.2 Å². The zero-order chi connectivity index (χ0) is 19.1. The molecule has 0 radical (unpaired) electrons. The number of carbonyl (C=O) groups excluding carboxylic acids is 1. The Bertz CT molecular complexity index is 704. The van der Waals surface area contributed by atoms with Gasteiger partial charge in [0.2, 0.25) is 5.91 Å². The highest BCUT2D eigenvalue weighted by Gasteiger charge is 2.49. The van der Waals surface area contributed by atoms with Crippen molar-refractivity contribution in [1.29, 1.82) is 0 Å². The van der Waals surface area contributed by atoms with E-state index < -0.39 is 29.7 Å². The van der Waals surface area contributed by atoms with E-state index in [1.807, 2.05) is 0 Å². The third-order valence-electron chi connectivity index (χ3n) is 5.73. The van der Waals surface area contributed by atoms with E-state index in [1.54, 1.807) is 13.0 Å². The number of carboxylic acids is 1. The van der Waals surface area contributed by atoms with Crippen LogP contribution >= 0.6 is 0 Å². The number of carboxylic acid groups (broad SMARTS) is 1. The van der Waals surface area contributed by atoms with Crippen LogP contribution in [0.5, 0.6) is 0 Å². The van der Waals surface area contributed by atoms with Gasteiger partial charge in [-0.2, -0.15) is 13.2 Å². The normalized spacial score (nSPS) is 26.6. The zero-order valence-corrected chi connectivity index (χ0v) is 14.5. The zero-order valence-electron chi connectivity index (χ0n) is 14.5. The van der Waals surface area contributed by atoms with E-state index in [0.29, 0.717) is 12.1 Å². The summed E-state index contributed by atoms with van der Waals surface area (Å²) in [7, 11) is 0. The fraction of sp³-hybridized carbons (Fsp3) is 0.579. The standard InChI is InChI=1S/C19H22F3NO3/c1-11(12-4-2-6-14(9-12)19(20,21)22)8-16(24)23-10-13-5-3-7-15(13)17(23)18(25)26/h2,4,6,9,11,13,15,17H,3,5,7-8,10H2,1H3,(H,25,26). The lowest BCUT2D eigenvalue weighted by atomic mass is 9.93. The molecule has 1 aromatic rings.